The van der Waals surface area contributed by atoms with Crippen LogP contribution in [-0.4, -0.2) is 23.1 Å². The van der Waals surface area contributed by atoms with Gasteiger partial charge in [0.1, 0.15) is 0 Å². The molecule has 1 aliphatic rings. The molecule has 4 heteroatoms. The molecule has 0 unspecified atom stereocenters. The van der Waals surface area contributed by atoms with Crippen LogP contribution >= 0.6 is 0 Å². The van der Waals surface area contributed by atoms with Crippen molar-refractivity contribution >= 4 is 5.97 Å². The zero-order chi connectivity index (χ0) is 10.2. The van der Waals surface area contributed by atoms with Gasteiger partial charge in [0.15, 0.2) is 0 Å². The third-order valence-electron chi connectivity index (χ3n) is 2.73. The number of nitrogens with zero attached hydrogens (tertiary/aromatic N) is 1. The van der Waals surface area contributed by atoms with Gasteiger partial charge in [-0.2, -0.15) is 0 Å². The van der Waals surface area contributed by atoms with E-state index >= 15 is 0 Å². The van der Waals surface area contributed by atoms with Gasteiger partial charge in [-0.1, -0.05) is 0 Å². The number of carboxylic acid groups (broad SMARTS) is 1. The first kappa shape index (κ1) is 9.15. The lowest BCUT2D eigenvalue weighted by Gasteiger charge is -2.12. The van der Waals surface area contributed by atoms with Crippen LogP contribution in [0, 0.1) is 0 Å². The number of aromatic carboxylic acids is 1. The van der Waals surface area contributed by atoms with Crippen LogP contribution in [-0.2, 0) is 5.54 Å². The average Bonchev–Trinajstić information content (AvgIpc) is 2.99. The van der Waals surface area contributed by atoms with Crippen molar-refractivity contribution in [2.45, 2.75) is 18.4 Å². The van der Waals surface area contributed by atoms with Gasteiger partial charge in [-0.25, -0.2) is 4.79 Å². The lowest BCUT2D eigenvalue weighted by Crippen LogP contribution is -2.25. The SMILES string of the molecule is CNC1(c2ccc(C(=O)O)cn2)CC1. The summed E-state index contributed by atoms with van der Waals surface area (Å²) in [5, 5.41) is 11.9. The van der Waals surface area contributed by atoms with Gasteiger partial charge < -0.3 is 10.4 Å². The monoisotopic (exact) mass is 192 g/mol. The minimum Gasteiger partial charge on any atom is -0.478 e. The number of carbonyl (C=O) groups is 1. The van der Waals surface area contributed by atoms with E-state index in [4.69, 9.17) is 5.11 Å². The largest absolute Gasteiger partial charge is 0.478 e. The molecular formula is C10H12N2O2. The molecule has 0 spiro atoms. The number of hydrogen-bond acceptors (Lipinski definition) is 3. The van der Waals surface area contributed by atoms with Crippen molar-refractivity contribution < 1.29 is 9.90 Å². The van der Waals surface area contributed by atoms with Gasteiger partial charge >= 0.3 is 5.97 Å². The lowest BCUT2D eigenvalue weighted by atomic mass is 10.1. The van der Waals surface area contributed by atoms with Gasteiger partial charge in [0, 0.05) is 6.20 Å². The molecule has 2 rings (SSSR count). The summed E-state index contributed by atoms with van der Waals surface area (Å²) in [6, 6.07) is 3.38. The quantitative estimate of drug-likeness (QED) is 0.749. The first-order valence-electron chi connectivity index (χ1n) is 4.57. The number of pyridine rings is 1. The van der Waals surface area contributed by atoms with Crippen molar-refractivity contribution in [3.8, 4) is 0 Å². The van der Waals surface area contributed by atoms with Crippen LogP contribution in [0.25, 0.3) is 0 Å². The van der Waals surface area contributed by atoms with Crippen LogP contribution in [0.15, 0.2) is 18.3 Å². The molecule has 0 atom stereocenters. The van der Waals surface area contributed by atoms with Gasteiger partial charge in [-0.3, -0.25) is 4.98 Å². The van der Waals surface area contributed by atoms with Crippen molar-refractivity contribution in [3.05, 3.63) is 29.6 Å². The van der Waals surface area contributed by atoms with Crippen LogP contribution < -0.4 is 5.32 Å². The van der Waals surface area contributed by atoms with Crippen molar-refractivity contribution in [2.24, 2.45) is 0 Å². The number of rotatable bonds is 3. The van der Waals surface area contributed by atoms with Crippen LogP contribution in [0.4, 0.5) is 0 Å². The van der Waals surface area contributed by atoms with E-state index in [1.807, 2.05) is 7.05 Å². The lowest BCUT2D eigenvalue weighted by molar-refractivity contribution is 0.0696. The molecule has 1 saturated carbocycles. The van der Waals surface area contributed by atoms with Crippen LogP contribution in [0.5, 0.6) is 0 Å². The summed E-state index contributed by atoms with van der Waals surface area (Å²) in [6.07, 6.45) is 3.56. The standard InChI is InChI=1S/C10H12N2O2/c1-11-10(4-5-10)8-3-2-7(6-12-8)9(13)14/h2-3,6,11H,4-5H2,1H3,(H,13,14). The normalized spacial score (nSPS) is 17.8. The zero-order valence-corrected chi connectivity index (χ0v) is 7.95. The van der Waals surface area contributed by atoms with E-state index in [9.17, 15) is 4.79 Å². The highest BCUT2D eigenvalue weighted by Gasteiger charge is 2.43. The van der Waals surface area contributed by atoms with Crippen molar-refractivity contribution in [2.75, 3.05) is 7.05 Å². The van der Waals surface area contributed by atoms with Crippen LogP contribution in [0.2, 0.25) is 0 Å². The second-order valence-electron chi connectivity index (χ2n) is 3.57. The Morgan fingerprint density at radius 3 is 2.64 bits per heavy atom. The molecule has 0 saturated heterocycles. The first-order chi connectivity index (χ1) is 6.68. The van der Waals surface area contributed by atoms with Gasteiger partial charge in [0.05, 0.1) is 16.8 Å². The number of carboxylic acids is 1. The second-order valence-corrected chi connectivity index (χ2v) is 3.57. The zero-order valence-electron chi connectivity index (χ0n) is 7.95. The predicted molar refractivity (Wildman–Crippen MR) is 51.2 cm³/mol. The Morgan fingerprint density at radius 1 is 1.57 bits per heavy atom. The fourth-order valence-corrected chi connectivity index (χ4v) is 1.56. The second kappa shape index (κ2) is 3.06. The minimum atomic E-state index is -0.932. The summed E-state index contributed by atoms with van der Waals surface area (Å²) in [5.41, 5.74) is 1.18. The third-order valence-corrected chi connectivity index (χ3v) is 2.73. The Bertz CT molecular complexity index is 355. The van der Waals surface area contributed by atoms with E-state index in [1.54, 1.807) is 12.1 Å². The maximum absolute atomic E-state index is 10.6. The molecule has 2 N–H and O–H groups in total. The van der Waals surface area contributed by atoms with E-state index < -0.39 is 5.97 Å². The highest BCUT2D eigenvalue weighted by Crippen LogP contribution is 2.43. The Labute approximate surface area is 82.0 Å². The van der Waals surface area contributed by atoms with Gasteiger partial charge in [-0.15, -0.1) is 0 Å². The molecule has 4 nitrogen and oxygen atoms in total. The minimum absolute atomic E-state index is 0.0109. The van der Waals surface area contributed by atoms with Gasteiger partial charge in [0.25, 0.3) is 0 Å². The van der Waals surface area contributed by atoms with Gasteiger partial charge in [-0.05, 0) is 32.0 Å². The molecule has 1 fully saturated rings. The fourth-order valence-electron chi connectivity index (χ4n) is 1.56. The highest BCUT2D eigenvalue weighted by atomic mass is 16.4. The molecule has 14 heavy (non-hydrogen) atoms. The summed E-state index contributed by atoms with van der Waals surface area (Å²) < 4.78 is 0. The third kappa shape index (κ3) is 1.37. The van der Waals surface area contributed by atoms with Crippen molar-refractivity contribution in [1.82, 2.24) is 10.3 Å². The van der Waals surface area contributed by atoms with Crippen molar-refractivity contribution in [3.63, 3.8) is 0 Å². The van der Waals surface area contributed by atoms with Gasteiger partial charge in [0.2, 0.25) is 0 Å². The molecular weight excluding hydrogens is 180 g/mol. The number of aromatic nitrogens is 1. The Morgan fingerprint density at radius 2 is 2.29 bits per heavy atom. The summed E-state index contributed by atoms with van der Waals surface area (Å²) in [7, 11) is 1.90. The summed E-state index contributed by atoms with van der Waals surface area (Å²) in [5.74, 6) is -0.932. The van der Waals surface area contributed by atoms with E-state index in [0.29, 0.717) is 0 Å². The first-order valence-corrected chi connectivity index (χ1v) is 4.57. The Kier molecular flexibility index (Phi) is 2.00. The van der Waals surface area contributed by atoms with E-state index in [2.05, 4.69) is 10.3 Å². The van der Waals surface area contributed by atoms with Crippen LogP contribution in [0.1, 0.15) is 28.9 Å². The molecule has 1 aromatic rings. The number of nitrogens with one attached hydrogen (secondary N) is 1. The molecule has 0 amide bonds. The fraction of sp³-hybridized carbons (Fsp3) is 0.400. The maximum atomic E-state index is 10.6. The highest BCUT2D eigenvalue weighted by molar-refractivity contribution is 5.87. The average molecular weight is 192 g/mol. The molecule has 0 bridgehead atoms. The van der Waals surface area contributed by atoms with E-state index in [0.717, 1.165) is 18.5 Å². The predicted octanol–water partition coefficient (Wildman–Crippen LogP) is 0.988. The Hall–Kier alpha value is -1.42. The van der Waals surface area contributed by atoms with Crippen molar-refractivity contribution in [1.29, 1.82) is 0 Å². The molecule has 1 aliphatic carbocycles. The maximum Gasteiger partial charge on any atom is 0.337 e. The van der Waals surface area contributed by atoms with E-state index in [1.165, 1.54) is 6.20 Å². The smallest absolute Gasteiger partial charge is 0.337 e. The molecule has 74 valence electrons. The van der Waals surface area contributed by atoms with E-state index in [-0.39, 0.29) is 11.1 Å². The number of hydrogen-bond donors (Lipinski definition) is 2. The molecule has 0 radical (unpaired) electrons. The topological polar surface area (TPSA) is 62.2 Å². The summed E-state index contributed by atoms with van der Waals surface area (Å²) in [6.45, 7) is 0. The molecule has 0 aliphatic heterocycles. The molecule has 1 heterocycles. The summed E-state index contributed by atoms with van der Waals surface area (Å²) in [4.78, 5) is 14.8. The Balaban J connectivity index is 2.26. The molecule has 0 aromatic carbocycles. The summed E-state index contributed by atoms with van der Waals surface area (Å²) >= 11 is 0. The molecule has 1 aromatic heterocycles. The van der Waals surface area contributed by atoms with Crippen LogP contribution in [0.3, 0.4) is 0 Å².